The maximum absolute atomic E-state index is 4.73. The summed E-state index contributed by atoms with van der Waals surface area (Å²) in [6.45, 7) is 8.63. The maximum Gasteiger partial charge on any atom is 0.191 e. The third kappa shape index (κ3) is 6.29. The number of aryl methyl sites for hydroxylation is 1. The number of fused-ring (bicyclic) bond motifs is 1. The standard InChI is InChI=1S/C22H35N7/c1-4-23-22(25-16-21-27-26-20-12-8-9-15-29(20)21)24-14-13-18(2)28(3)17-19-10-6-5-7-11-19/h5-7,10-11,18H,4,8-9,12-17H2,1-3H3,(H2,23,24,25). The number of aromatic nitrogens is 3. The van der Waals surface area contributed by atoms with Crippen molar-refractivity contribution in [3.8, 4) is 0 Å². The Bertz CT molecular complexity index is 769. The number of guanidine groups is 1. The summed E-state index contributed by atoms with van der Waals surface area (Å²) in [7, 11) is 2.19. The summed E-state index contributed by atoms with van der Waals surface area (Å²) < 4.78 is 2.23. The molecule has 2 N–H and O–H groups in total. The molecule has 29 heavy (non-hydrogen) atoms. The molecule has 0 aliphatic carbocycles. The van der Waals surface area contributed by atoms with Crippen molar-refractivity contribution < 1.29 is 0 Å². The van der Waals surface area contributed by atoms with Gasteiger partial charge in [-0.05, 0) is 45.7 Å². The van der Waals surface area contributed by atoms with Crippen molar-refractivity contribution in [3.63, 3.8) is 0 Å². The lowest BCUT2D eigenvalue weighted by atomic mass is 10.1. The van der Waals surface area contributed by atoms with Crippen LogP contribution in [0, 0.1) is 0 Å². The molecule has 0 saturated heterocycles. The van der Waals surface area contributed by atoms with Crippen LogP contribution in [0.3, 0.4) is 0 Å². The average molecular weight is 398 g/mol. The maximum atomic E-state index is 4.73. The number of aliphatic imine (C=N–C) groups is 1. The quantitative estimate of drug-likeness (QED) is 0.503. The molecule has 158 valence electrons. The van der Waals surface area contributed by atoms with Crippen molar-refractivity contribution in [2.45, 2.75) is 65.2 Å². The van der Waals surface area contributed by atoms with E-state index in [0.717, 1.165) is 56.6 Å². The number of benzene rings is 1. The van der Waals surface area contributed by atoms with Gasteiger partial charge in [-0.25, -0.2) is 4.99 Å². The van der Waals surface area contributed by atoms with Gasteiger partial charge >= 0.3 is 0 Å². The molecule has 2 aromatic rings. The highest BCUT2D eigenvalue weighted by atomic mass is 15.3. The zero-order valence-corrected chi connectivity index (χ0v) is 18.1. The Labute approximate surface area is 174 Å². The Morgan fingerprint density at radius 2 is 2.03 bits per heavy atom. The molecular formula is C22H35N7. The average Bonchev–Trinajstić information content (AvgIpc) is 3.16. The van der Waals surface area contributed by atoms with Gasteiger partial charge in [-0.3, -0.25) is 4.90 Å². The second kappa shape index (κ2) is 11.0. The van der Waals surface area contributed by atoms with E-state index in [2.05, 4.69) is 81.5 Å². The zero-order valence-electron chi connectivity index (χ0n) is 18.1. The third-order valence-electron chi connectivity index (χ3n) is 5.54. The molecule has 0 saturated carbocycles. The fourth-order valence-electron chi connectivity index (χ4n) is 3.62. The molecule has 1 aliphatic rings. The summed E-state index contributed by atoms with van der Waals surface area (Å²) in [5.74, 6) is 2.92. The third-order valence-corrected chi connectivity index (χ3v) is 5.54. The van der Waals surface area contributed by atoms with Crippen LogP contribution in [0.15, 0.2) is 35.3 Å². The van der Waals surface area contributed by atoms with E-state index in [1.165, 1.54) is 18.4 Å². The minimum absolute atomic E-state index is 0.481. The fourth-order valence-corrected chi connectivity index (χ4v) is 3.62. The zero-order chi connectivity index (χ0) is 20.5. The second-order valence-electron chi connectivity index (χ2n) is 7.80. The van der Waals surface area contributed by atoms with Gasteiger partial charge < -0.3 is 15.2 Å². The molecule has 0 fully saturated rings. The van der Waals surface area contributed by atoms with Gasteiger partial charge in [0.05, 0.1) is 0 Å². The summed E-state index contributed by atoms with van der Waals surface area (Å²) in [5, 5.41) is 15.5. The van der Waals surface area contributed by atoms with Gasteiger partial charge in [0.15, 0.2) is 11.8 Å². The van der Waals surface area contributed by atoms with Crippen molar-refractivity contribution in [2.75, 3.05) is 20.1 Å². The first-order valence-electron chi connectivity index (χ1n) is 10.8. The highest BCUT2D eigenvalue weighted by Crippen LogP contribution is 2.14. The molecule has 1 unspecified atom stereocenters. The first kappa shape index (κ1) is 21.3. The second-order valence-corrected chi connectivity index (χ2v) is 7.80. The molecule has 0 radical (unpaired) electrons. The van der Waals surface area contributed by atoms with Gasteiger partial charge in [0.25, 0.3) is 0 Å². The molecular weight excluding hydrogens is 362 g/mol. The van der Waals surface area contributed by atoms with Crippen molar-refractivity contribution in [2.24, 2.45) is 4.99 Å². The van der Waals surface area contributed by atoms with Crippen LogP contribution in [0.5, 0.6) is 0 Å². The van der Waals surface area contributed by atoms with Gasteiger partial charge in [-0.15, -0.1) is 10.2 Å². The van der Waals surface area contributed by atoms with Gasteiger partial charge in [0.2, 0.25) is 0 Å². The SMILES string of the molecule is CCNC(=NCc1nnc2n1CCCC2)NCCC(C)N(C)Cc1ccccc1. The van der Waals surface area contributed by atoms with Gasteiger partial charge in [0, 0.05) is 38.6 Å². The fraction of sp³-hybridized carbons (Fsp3) is 0.591. The molecule has 1 aromatic heterocycles. The molecule has 0 spiro atoms. The lowest BCUT2D eigenvalue weighted by molar-refractivity contribution is 0.238. The minimum Gasteiger partial charge on any atom is -0.357 e. The summed E-state index contributed by atoms with van der Waals surface area (Å²) in [4.78, 5) is 7.12. The van der Waals surface area contributed by atoms with E-state index >= 15 is 0 Å². The van der Waals surface area contributed by atoms with Crippen molar-refractivity contribution in [1.29, 1.82) is 0 Å². The normalized spacial score (nSPS) is 15.2. The molecule has 2 heterocycles. The Hall–Kier alpha value is -2.41. The lowest BCUT2D eigenvalue weighted by Gasteiger charge is -2.25. The Morgan fingerprint density at radius 1 is 1.21 bits per heavy atom. The van der Waals surface area contributed by atoms with Gasteiger partial charge in [-0.2, -0.15) is 0 Å². The Balaban J connectivity index is 1.47. The molecule has 7 heteroatoms. The molecule has 0 amide bonds. The summed E-state index contributed by atoms with van der Waals surface area (Å²) in [6.07, 6.45) is 4.49. The predicted molar refractivity (Wildman–Crippen MR) is 118 cm³/mol. The number of hydrogen-bond acceptors (Lipinski definition) is 4. The number of hydrogen-bond donors (Lipinski definition) is 2. The van der Waals surface area contributed by atoms with E-state index in [-0.39, 0.29) is 0 Å². The van der Waals surface area contributed by atoms with E-state index in [0.29, 0.717) is 12.6 Å². The highest BCUT2D eigenvalue weighted by molar-refractivity contribution is 5.79. The summed E-state index contributed by atoms with van der Waals surface area (Å²) in [5.41, 5.74) is 1.35. The molecule has 1 aliphatic heterocycles. The van der Waals surface area contributed by atoms with E-state index < -0.39 is 0 Å². The van der Waals surface area contributed by atoms with Crippen LogP contribution in [0.2, 0.25) is 0 Å². The molecule has 1 atom stereocenters. The number of nitrogens with zero attached hydrogens (tertiary/aromatic N) is 5. The van der Waals surface area contributed by atoms with Crippen LogP contribution < -0.4 is 10.6 Å². The Kier molecular flexibility index (Phi) is 8.04. The van der Waals surface area contributed by atoms with Crippen LogP contribution in [-0.4, -0.2) is 51.8 Å². The first-order chi connectivity index (χ1) is 14.2. The molecule has 3 rings (SSSR count). The molecule has 7 nitrogen and oxygen atoms in total. The van der Waals surface area contributed by atoms with Crippen molar-refractivity contribution >= 4 is 5.96 Å². The predicted octanol–water partition coefficient (Wildman–Crippen LogP) is 2.58. The first-order valence-corrected chi connectivity index (χ1v) is 10.8. The summed E-state index contributed by atoms with van der Waals surface area (Å²) in [6, 6.07) is 11.1. The van der Waals surface area contributed by atoms with Gasteiger partial charge in [0.1, 0.15) is 12.4 Å². The minimum atomic E-state index is 0.481. The van der Waals surface area contributed by atoms with E-state index in [4.69, 9.17) is 4.99 Å². The van der Waals surface area contributed by atoms with E-state index in [9.17, 15) is 0 Å². The van der Waals surface area contributed by atoms with Crippen LogP contribution in [-0.2, 0) is 26.1 Å². The van der Waals surface area contributed by atoms with E-state index in [1.54, 1.807) is 0 Å². The summed E-state index contributed by atoms with van der Waals surface area (Å²) >= 11 is 0. The van der Waals surface area contributed by atoms with Crippen LogP contribution in [0.1, 0.15) is 50.3 Å². The van der Waals surface area contributed by atoms with Crippen LogP contribution in [0.4, 0.5) is 0 Å². The largest absolute Gasteiger partial charge is 0.357 e. The lowest BCUT2D eigenvalue weighted by Crippen LogP contribution is -2.40. The highest BCUT2D eigenvalue weighted by Gasteiger charge is 2.15. The van der Waals surface area contributed by atoms with E-state index in [1.807, 2.05) is 0 Å². The molecule has 0 bridgehead atoms. The van der Waals surface area contributed by atoms with Crippen LogP contribution in [0.25, 0.3) is 0 Å². The number of rotatable bonds is 9. The topological polar surface area (TPSA) is 70.4 Å². The monoisotopic (exact) mass is 397 g/mol. The Morgan fingerprint density at radius 3 is 2.83 bits per heavy atom. The van der Waals surface area contributed by atoms with Crippen molar-refractivity contribution in [3.05, 3.63) is 47.5 Å². The smallest absolute Gasteiger partial charge is 0.191 e. The van der Waals surface area contributed by atoms with Crippen LogP contribution >= 0.6 is 0 Å². The molecule has 1 aromatic carbocycles. The van der Waals surface area contributed by atoms with Gasteiger partial charge in [-0.1, -0.05) is 30.3 Å². The van der Waals surface area contributed by atoms with Crippen molar-refractivity contribution in [1.82, 2.24) is 30.3 Å². The number of nitrogens with one attached hydrogen (secondary N) is 2.